The third-order valence-electron chi connectivity index (χ3n) is 5.51. The van der Waals surface area contributed by atoms with Gasteiger partial charge in [0, 0.05) is 24.3 Å². The van der Waals surface area contributed by atoms with Crippen molar-refractivity contribution in [2.75, 3.05) is 30.2 Å². The lowest BCUT2D eigenvalue weighted by atomic mass is 9.98. The van der Waals surface area contributed by atoms with Crippen molar-refractivity contribution in [3.8, 4) is 0 Å². The van der Waals surface area contributed by atoms with Crippen molar-refractivity contribution in [2.45, 2.75) is 84.0 Å². The minimum absolute atomic E-state index is 0.0369. The van der Waals surface area contributed by atoms with E-state index in [2.05, 4.69) is 43.2 Å². The SMILES string of the molecule is C=C(CCCC(=C)CCCC(=C)CSCCC(=O)NCNC(=O)CC)CCCC(=C)CCSC. The van der Waals surface area contributed by atoms with Gasteiger partial charge in [0.25, 0.3) is 0 Å². The highest BCUT2D eigenvalue weighted by molar-refractivity contribution is 7.99. The van der Waals surface area contributed by atoms with E-state index in [1.54, 1.807) is 18.7 Å². The predicted molar refractivity (Wildman–Crippen MR) is 154 cm³/mol. The van der Waals surface area contributed by atoms with Crippen LogP contribution in [0, 0.1) is 0 Å². The third kappa shape index (κ3) is 21.2. The highest BCUT2D eigenvalue weighted by atomic mass is 32.2. The molecule has 0 saturated carbocycles. The number of allylic oxidation sites excluding steroid dienone is 3. The fraction of sp³-hybridized carbons (Fsp3) is 0.643. The quantitative estimate of drug-likeness (QED) is 0.0870. The van der Waals surface area contributed by atoms with E-state index in [4.69, 9.17) is 0 Å². The molecule has 0 saturated heterocycles. The van der Waals surface area contributed by atoms with Gasteiger partial charge >= 0.3 is 0 Å². The van der Waals surface area contributed by atoms with Crippen LogP contribution in [0.4, 0.5) is 0 Å². The molecule has 0 fully saturated rings. The zero-order chi connectivity index (χ0) is 25.6. The Labute approximate surface area is 218 Å². The summed E-state index contributed by atoms with van der Waals surface area (Å²) in [6.45, 7) is 18.8. The minimum Gasteiger partial charge on any atom is -0.339 e. The van der Waals surface area contributed by atoms with Gasteiger partial charge in [-0.1, -0.05) is 55.5 Å². The fourth-order valence-corrected chi connectivity index (χ4v) is 4.69. The summed E-state index contributed by atoms with van der Waals surface area (Å²) in [6, 6.07) is 0. The number of hydrogen-bond acceptors (Lipinski definition) is 4. The Kier molecular flexibility index (Phi) is 21.2. The second-order valence-electron chi connectivity index (χ2n) is 8.84. The Morgan fingerprint density at radius 1 is 0.647 bits per heavy atom. The van der Waals surface area contributed by atoms with Crippen LogP contribution in [0.1, 0.15) is 84.0 Å². The number of rotatable bonds is 23. The molecule has 6 heteroatoms. The lowest BCUT2D eigenvalue weighted by Gasteiger charge is -2.10. The third-order valence-corrected chi connectivity index (χ3v) is 7.23. The van der Waals surface area contributed by atoms with Gasteiger partial charge in [0.1, 0.15) is 0 Å². The second kappa shape index (κ2) is 22.1. The van der Waals surface area contributed by atoms with Crippen LogP contribution in [-0.2, 0) is 9.59 Å². The second-order valence-corrected chi connectivity index (χ2v) is 10.9. The minimum atomic E-state index is -0.0612. The van der Waals surface area contributed by atoms with Gasteiger partial charge in [-0.05, 0) is 76.2 Å². The van der Waals surface area contributed by atoms with E-state index in [0.717, 1.165) is 69.3 Å². The summed E-state index contributed by atoms with van der Waals surface area (Å²) < 4.78 is 0. The van der Waals surface area contributed by atoms with Gasteiger partial charge in [-0.15, -0.1) is 0 Å². The molecule has 0 rings (SSSR count). The Morgan fingerprint density at radius 2 is 1.12 bits per heavy atom. The van der Waals surface area contributed by atoms with Crippen molar-refractivity contribution in [1.82, 2.24) is 10.6 Å². The average Bonchev–Trinajstić information content (AvgIpc) is 2.80. The number of thioether (sulfide) groups is 2. The Hall–Kier alpha value is -1.40. The Bertz CT molecular complexity index is 659. The van der Waals surface area contributed by atoms with Crippen molar-refractivity contribution in [3.05, 3.63) is 48.6 Å². The molecule has 0 atom stereocenters. The highest BCUT2D eigenvalue weighted by Crippen LogP contribution is 2.21. The molecule has 0 aliphatic heterocycles. The summed E-state index contributed by atoms with van der Waals surface area (Å²) in [6.07, 6.45) is 14.0. The van der Waals surface area contributed by atoms with Crippen molar-refractivity contribution in [3.63, 3.8) is 0 Å². The maximum atomic E-state index is 11.7. The Balaban J connectivity index is 3.64. The molecule has 0 spiro atoms. The lowest BCUT2D eigenvalue weighted by Crippen LogP contribution is -2.37. The van der Waals surface area contributed by atoms with E-state index >= 15 is 0 Å². The first-order chi connectivity index (χ1) is 16.3. The first-order valence-electron chi connectivity index (χ1n) is 12.5. The molecule has 0 aliphatic rings. The van der Waals surface area contributed by atoms with Gasteiger partial charge in [-0.3, -0.25) is 9.59 Å². The fourth-order valence-electron chi connectivity index (χ4n) is 3.29. The Morgan fingerprint density at radius 3 is 1.62 bits per heavy atom. The molecule has 0 bridgehead atoms. The predicted octanol–water partition coefficient (Wildman–Crippen LogP) is 7.20. The standard InChI is InChI=1S/C28H48N2O2S2/c1-7-27(31)29-22-30-28(32)18-20-34-21-26(5)16-10-14-24(3)12-8-11-23(2)13-9-15-25(4)17-19-33-6/h2-5,7-22H2,1,6H3,(H,29,31)(H,30,32). The summed E-state index contributed by atoms with van der Waals surface area (Å²) in [7, 11) is 0. The van der Waals surface area contributed by atoms with Crippen LogP contribution in [0.3, 0.4) is 0 Å². The summed E-state index contributed by atoms with van der Waals surface area (Å²) in [5, 5.41) is 5.33. The normalized spacial score (nSPS) is 10.5. The first-order valence-corrected chi connectivity index (χ1v) is 15.1. The molecular weight excluding hydrogens is 460 g/mol. The molecule has 0 radical (unpaired) electrons. The highest BCUT2D eigenvalue weighted by Gasteiger charge is 2.04. The smallest absolute Gasteiger partial charge is 0.222 e. The molecule has 2 amide bonds. The number of nitrogens with one attached hydrogen (secondary N) is 2. The summed E-state index contributed by atoms with van der Waals surface area (Å²) in [4.78, 5) is 22.9. The zero-order valence-corrected chi connectivity index (χ0v) is 23.4. The van der Waals surface area contributed by atoms with Crippen molar-refractivity contribution < 1.29 is 9.59 Å². The van der Waals surface area contributed by atoms with Gasteiger partial charge in [-0.2, -0.15) is 23.5 Å². The topological polar surface area (TPSA) is 58.2 Å². The molecule has 0 aliphatic carbocycles. The van der Waals surface area contributed by atoms with Crippen molar-refractivity contribution >= 4 is 35.3 Å². The van der Waals surface area contributed by atoms with E-state index in [1.165, 1.54) is 34.5 Å². The van der Waals surface area contributed by atoms with Gasteiger partial charge in [0.2, 0.25) is 11.8 Å². The zero-order valence-electron chi connectivity index (χ0n) is 21.8. The van der Waals surface area contributed by atoms with Crippen LogP contribution in [0.15, 0.2) is 48.6 Å². The summed E-state index contributed by atoms with van der Waals surface area (Å²) in [5.74, 6) is 2.72. The molecular formula is C28H48N2O2S2. The van der Waals surface area contributed by atoms with Crippen LogP contribution in [0.2, 0.25) is 0 Å². The maximum Gasteiger partial charge on any atom is 0.222 e. The molecule has 0 heterocycles. The molecule has 0 aromatic carbocycles. The average molecular weight is 509 g/mol. The largest absolute Gasteiger partial charge is 0.339 e. The number of amides is 2. The molecule has 34 heavy (non-hydrogen) atoms. The lowest BCUT2D eigenvalue weighted by molar-refractivity contribution is -0.122. The number of hydrogen-bond donors (Lipinski definition) is 2. The summed E-state index contributed by atoms with van der Waals surface area (Å²) >= 11 is 3.62. The molecule has 0 unspecified atom stereocenters. The first kappa shape index (κ1) is 32.6. The molecule has 0 aromatic rings. The van der Waals surface area contributed by atoms with E-state index in [9.17, 15) is 9.59 Å². The van der Waals surface area contributed by atoms with Crippen LogP contribution in [0.5, 0.6) is 0 Å². The molecule has 2 N–H and O–H groups in total. The van der Waals surface area contributed by atoms with Crippen LogP contribution in [0.25, 0.3) is 0 Å². The van der Waals surface area contributed by atoms with E-state index in [-0.39, 0.29) is 18.5 Å². The van der Waals surface area contributed by atoms with E-state index in [0.29, 0.717) is 12.8 Å². The van der Waals surface area contributed by atoms with Gasteiger partial charge in [-0.25, -0.2) is 0 Å². The number of carbonyl (C=O) groups excluding carboxylic acids is 2. The van der Waals surface area contributed by atoms with Crippen LogP contribution in [-0.4, -0.2) is 42.0 Å². The number of carbonyl (C=O) groups is 2. The van der Waals surface area contributed by atoms with Gasteiger partial charge in [0.15, 0.2) is 0 Å². The summed E-state index contributed by atoms with van der Waals surface area (Å²) in [5.41, 5.74) is 5.27. The molecule has 194 valence electrons. The van der Waals surface area contributed by atoms with E-state index in [1.807, 2.05) is 11.8 Å². The molecule has 0 aromatic heterocycles. The van der Waals surface area contributed by atoms with Gasteiger partial charge < -0.3 is 10.6 Å². The van der Waals surface area contributed by atoms with Crippen LogP contribution >= 0.6 is 23.5 Å². The van der Waals surface area contributed by atoms with Crippen molar-refractivity contribution in [2.24, 2.45) is 0 Å². The van der Waals surface area contributed by atoms with Crippen molar-refractivity contribution in [1.29, 1.82) is 0 Å². The monoisotopic (exact) mass is 508 g/mol. The van der Waals surface area contributed by atoms with Gasteiger partial charge in [0.05, 0.1) is 6.67 Å². The van der Waals surface area contributed by atoms with Crippen LogP contribution < -0.4 is 10.6 Å². The van der Waals surface area contributed by atoms with E-state index < -0.39 is 0 Å². The molecule has 4 nitrogen and oxygen atoms in total. The maximum absolute atomic E-state index is 11.7.